The molecule has 0 amide bonds. The number of carbonyl (C=O) groups is 4. The topological polar surface area (TPSA) is 105 Å². The molecule has 0 radical (unpaired) electrons. The van der Waals surface area contributed by atoms with Gasteiger partial charge in [-0.05, 0) is 37.5 Å². The maximum Gasteiger partial charge on any atom is 0.338 e. The summed E-state index contributed by atoms with van der Waals surface area (Å²) >= 11 is 3.40. The van der Waals surface area contributed by atoms with Gasteiger partial charge in [-0.25, -0.2) is 4.79 Å². The molecule has 0 N–H and O–H groups in total. The van der Waals surface area contributed by atoms with Gasteiger partial charge in [-0.3, -0.25) is 14.4 Å². The highest BCUT2D eigenvalue weighted by Crippen LogP contribution is 2.40. The third kappa shape index (κ3) is 8.83. The van der Waals surface area contributed by atoms with Crippen molar-refractivity contribution in [2.24, 2.45) is 0 Å². The molecule has 2 aromatic carbocycles. The van der Waals surface area contributed by atoms with Crippen molar-refractivity contribution >= 4 is 39.8 Å². The van der Waals surface area contributed by atoms with Gasteiger partial charge in [0, 0.05) is 29.3 Å². The molecule has 0 bridgehead atoms. The number of hydrogen-bond donors (Lipinski definition) is 0. The summed E-state index contributed by atoms with van der Waals surface area (Å²) < 4.78 is 22.4. The molecule has 0 fully saturated rings. The highest BCUT2D eigenvalue weighted by molar-refractivity contribution is 9.10. The second kappa shape index (κ2) is 14.3. The average Bonchev–Trinajstić information content (AvgIpc) is 2.80. The second-order valence-electron chi connectivity index (χ2n) is 7.64. The van der Waals surface area contributed by atoms with Crippen LogP contribution in [0.5, 0.6) is 17.2 Å². The zero-order valence-corrected chi connectivity index (χ0v) is 21.6. The van der Waals surface area contributed by atoms with Gasteiger partial charge in [-0.2, -0.15) is 0 Å². The lowest BCUT2D eigenvalue weighted by Gasteiger charge is -2.16. The lowest BCUT2D eigenvalue weighted by atomic mass is 10.1. The summed E-state index contributed by atoms with van der Waals surface area (Å²) in [5.41, 5.74) is 0.709. The average molecular weight is 549 g/mol. The fourth-order valence-corrected chi connectivity index (χ4v) is 3.31. The van der Waals surface area contributed by atoms with Crippen molar-refractivity contribution in [2.75, 3.05) is 0 Å². The molecule has 0 heterocycles. The third-order valence-electron chi connectivity index (χ3n) is 4.60. The number of esters is 4. The Hall–Kier alpha value is -3.20. The van der Waals surface area contributed by atoms with E-state index in [9.17, 15) is 19.2 Å². The van der Waals surface area contributed by atoms with E-state index in [4.69, 9.17) is 18.9 Å². The van der Waals surface area contributed by atoms with Crippen molar-refractivity contribution in [3.05, 3.63) is 52.0 Å². The van der Waals surface area contributed by atoms with E-state index in [1.807, 2.05) is 18.2 Å². The van der Waals surface area contributed by atoms with Gasteiger partial charge in [-0.15, -0.1) is 0 Å². The molecule has 8 nitrogen and oxygen atoms in total. The van der Waals surface area contributed by atoms with Crippen LogP contribution in [0.2, 0.25) is 0 Å². The molecule has 35 heavy (non-hydrogen) atoms. The second-order valence-corrected chi connectivity index (χ2v) is 8.50. The fourth-order valence-electron chi connectivity index (χ4n) is 2.91. The molecule has 0 atom stereocenters. The van der Waals surface area contributed by atoms with Gasteiger partial charge in [0.05, 0.1) is 5.56 Å². The standard InChI is InChI=1S/C26H29BrO8/c1-4-9-22(28)33-20-14-18(26(31)32-16-17-12-7-8-13-19(17)27)15-21(34-23(29)10-5-2)25(20)35-24(30)11-6-3/h7-8,12-15H,4-6,9-11,16H2,1-3H3. The molecule has 2 rings (SSSR count). The lowest BCUT2D eigenvalue weighted by molar-refractivity contribution is -0.138. The first kappa shape index (κ1) is 28.0. The molecule has 0 aliphatic heterocycles. The molecule has 0 unspecified atom stereocenters. The van der Waals surface area contributed by atoms with Crippen LogP contribution in [0.4, 0.5) is 0 Å². The Balaban J connectivity index is 2.46. The molecule has 0 aromatic heterocycles. The van der Waals surface area contributed by atoms with Gasteiger partial charge in [-0.1, -0.05) is 54.9 Å². The van der Waals surface area contributed by atoms with Crippen LogP contribution in [0, 0.1) is 0 Å². The van der Waals surface area contributed by atoms with E-state index in [0.29, 0.717) is 19.3 Å². The highest BCUT2D eigenvalue weighted by atomic mass is 79.9. The van der Waals surface area contributed by atoms with E-state index < -0.39 is 23.9 Å². The minimum Gasteiger partial charge on any atom is -0.457 e. The first-order valence-electron chi connectivity index (χ1n) is 11.5. The van der Waals surface area contributed by atoms with Crippen molar-refractivity contribution in [3.63, 3.8) is 0 Å². The minimum atomic E-state index is -0.743. The van der Waals surface area contributed by atoms with Gasteiger partial charge in [0.15, 0.2) is 11.5 Å². The lowest BCUT2D eigenvalue weighted by Crippen LogP contribution is -2.16. The predicted molar refractivity (Wildman–Crippen MR) is 131 cm³/mol. The summed E-state index contributed by atoms with van der Waals surface area (Å²) in [6.07, 6.45) is 1.87. The van der Waals surface area contributed by atoms with Crippen LogP contribution < -0.4 is 14.2 Å². The first-order chi connectivity index (χ1) is 16.8. The van der Waals surface area contributed by atoms with Gasteiger partial charge >= 0.3 is 23.9 Å². The maximum atomic E-state index is 12.9. The molecule has 0 saturated carbocycles. The molecular formula is C26H29BrO8. The Bertz CT molecular complexity index is 1020. The van der Waals surface area contributed by atoms with Crippen LogP contribution in [0.15, 0.2) is 40.9 Å². The number of hydrogen-bond acceptors (Lipinski definition) is 8. The van der Waals surface area contributed by atoms with Gasteiger partial charge in [0.2, 0.25) is 5.75 Å². The predicted octanol–water partition coefficient (Wildman–Crippen LogP) is 5.92. The van der Waals surface area contributed by atoms with E-state index in [1.165, 1.54) is 12.1 Å². The quantitative estimate of drug-likeness (QED) is 0.237. The molecule has 0 aliphatic rings. The summed E-state index contributed by atoms with van der Waals surface area (Å²) in [6.45, 7) is 5.38. The number of benzene rings is 2. The van der Waals surface area contributed by atoms with E-state index >= 15 is 0 Å². The van der Waals surface area contributed by atoms with Crippen LogP contribution in [-0.2, 0) is 25.7 Å². The summed E-state index contributed by atoms with van der Waals surface area (Å²) in [7, 11) is 0. The summed E-state index contributed by atoms with van der Waals surface area (Å²) in [5.74, 6) is -3.18. The molecule has 0 spiro atoms. The normalized spacial score (nSPS) is 10.4. The minimum absolute atomic E-state index is 0.0244. The van der Waals surface area contributed by atoms with E-state index in [0.717, 1.165) is 10.0 Å². The van der Waals surface area contributed by atoms with Crippen LogP contribution in [-0.4, -0.2) is 23.9 Å². The van der Waals surface area contributed by atoms with Crippen molar-refractivity contribution in [1.82, 2.24) is 0 Å². The Morgan fingerprint density at radius 3 is 1.71 bits per heavy atom. The zero-order chi connectivity index (χ0) is 25.8. The summed E-state index contributed by atoms with van der Waals surface area (Å²) in [4.78, 5) is 49.6. The van der Waals surface area contributed by atoms with Crippen molar-refractivity contribution in [3.8, 4) is 17.2 Å². The van der Waals surface area contributed by atoms with Crippen molar-refractivity contribution in [1.29, 1.82) is 0 Å². The Kier molecular flexibility index (Phi) is 11.4. The van der Waals surface area contributed by atoms with Gasteiger partial charge in [0.25, 0.3) is 0 Å². The summed E-state index contributed by atoms with van der Waals surface area (Å²) in [5, 5.41) is 0. The Labute approximate surface area is 213 Å². The molecule has 0 aliphatic carbocycles. The molecule has 2 aromatic rings. The van der Waals surface area contributed by atoms with Crippen molar-refractivity contribution < 1.29 is 38.1 Å². The van der Waals surface area contributed by atoms with Crippen LogP contribution in [0.25, 0.3) is 0 Å². The van der Waals surface area contributed by atoms with E-state index in [1.54, 1.807) is 26.8 Å². The Morgan fingerprint density at radius 1 is 0.743 bits per heavy atom. The maximum absolute atomic E-state index is 12.9. The van der Waals surface area contributed by atoms with Crippen LogP contribution in [0.3, 0.4) is 0 Å². The van der Waals surface area contributed by atoms with Gasteiger partial charge in [0.1, 0.15) is 6.61 Å². The van der Waals surface area contributed by atoms with Crippen molar-refractivity contribution in [2.45, 2.75) is 65.9 Å². The molecule has 9 heteroatoms. The highest BCUT2D eigenvalue weighted by Gasteiger charge is 2.25. The molecule has 188 valence electrons. The fraction of sp³-hybridized carbons (Fsp3) is 0.385. The number of ether oxygens (including phenoxy) is 4. The molecular weight excluding hydrogens is 520 g/mol. The van der Waals surface area contributed by atoms with Crippen LogP contribution in [0.1, 0.15) is 75.2 Å². The van der Waals surface area contributed by atoms with E-state index in [-0.39, 0.29) is 48.7 Å². The Morgan fingerprint density at radius 2 is 1.23 bits per heavy atom. The first-order valence-corrected chi connectivity index (χ1v) is 12.3. The number of halogens is 1. The zero-order valence-electron chi connectivity index (χ0n) is 20.1. The summed E-state index contributed by atoms with van der Waals surface area (Å²) in [6, 6.07) is 9.73. The number of carbonyl (C=O) groups excluding carboxylic acids is 4. The number of rotatable bonds is 12. The SMILES string of the molecule is CCCC(=O)Oc1cc(C(=O)OCc2ccccc2Br)cc(OC(=O)CCC)c1OC(=O)CCC. The molecule has 0 saturated heterocycles. The monoisotopic (exact) mass is 548 g/mol. The smallest absolute Gasteiger partial charge is 0.338 e. The third-order valence-corrected chi connectivity index (χ3v) is 5.37. The van der Waals surface area contributed by atoms with E-state index in [2.05, 4.69) is 15.9 Å². The van der Waals surface area contributed by atoms with Gasteiger partial charge < -0.3 is 18.9 Å². The largest absolute Gasteiger partial charge is 0.457 e. The van der Waals surface area contributed by atoms with Crippen LogP contribution >= 0.6 is 15.9 Å².